The summed E-state index contributed by atoms with van der Waals surface area (Å²) in [6.07, 6.45) is 8.64. The number of hydrogen-bond acceptors (Lipinski definition) is 5. The Labute approximate surface area is 164 Å². The summed E-state index contributed by atoms with van der Waals surface area (Å²) < 4.78 is 16.1. The van der Waals surface area contributed by atoms with E-state index in [0.29, 0.717) is 22.9 Å². The van der Waals surface area contributed by atoms with Crippen LogP contribution in [0.25, 0.3) is 33.5 Å². The predicted molar refractivity (Wildman–Crippen MR) is 107 cm³/mol. The molecule has 0 saturated carbocycles. The summed E-state index contributed by atoms with van der Waals surface area (Å²) in [6.45, 7) is 2.01. The maximum absolute atomic E-state index is 14.1. The number of nitrogens with zero attached hydrogens (tertiary/aromatic N) is 5. The molecule has 0 saturated heterocycles. The second kappa shape index (κ2) is 6.55. The highest BCUT2D eigenvalue weighted by Crippen LogP contribution is 2.35. The van der Waals surface area contributed by atoms with Gasteiger partial charge in [-0.25, -0.2) is 19.3 Å². The lowest BCUT2D eigenvalue weighted by molar-refractivity contribution is 0.628. The maximum Gasteiger partial charge on any atom is 0.146 e. The van der Waals surface area contributed by atoms with Crippen LogP contribution < -0.4 is 5.73 Å². The summed E-state index contributed by atoms with van der Waals surface area (Å²) in [4.78, 5) is 16.2. The van der Waals surface area contributed by atoms with Gasteiger partial charge in [0.05, 0.1) is 35.1 Å². The van der Waals surface area contributed by atoms with E-state index in [9.17, 15) is 4.39 Å². The largest absolute Gasteiger partial charge is 0.383 e. The molecule has 9 heteroatoms. The molecule has 0 aliphatic carbocycles. The van der Waals surface area contributed by atoms with Crippen LogP contribution in [-0.2, 0) is 0 Å². The first kappa shape index (κ1) is 17.1. The van der Waals surface area contributed by atoms with Crippen molar-refractivity contribution in [3.63, 3.8) is 0 Å². The van der Waals surface area contributed by atoms with Crippen LogP contribution in [0.5, 0.6) is 0 Å². The molecule has 5 aromatic rings. The number of hydrogen-bond donors (Lipinski definition) is 3. The van der Waals surface area contributed by atoms with Crippen LogP contribution in [0.4, 0.5) is 10.2 Å². The standard InChI is InChI=1S/C20H17FN8/c1-11(16-8-23-19(28-16)13-4-2-3-5-15(13)21)29-9-14(12-6-26-27-7-12)17-18(22)24-10-25-20(17)29/h2-11H,1H3,(H,23,28)(H,26,27)(H2,22,24,25). The first-order chi connectivity index (χ1) is 14.1. The highest BCUT2D eigenvalue weighted by atomic mass is 19.1. The minimum absolute atomic E-state index is 0.152. The van der Waals surface area contributed by atoms with Crippen LogP contribution in [-0.4, -0.2) is 34.7 Å². The molecular weight excluding hydrogens is 371 g/mol. The van der Waals surface area contributed by atoms with Gasteiger partial charge in [-0.15, -0.1) is 0 Å². The number of H-pyrrole nitrogens is 2. The van der Waals surface area contributed by atoms with Gasteiger partial charge >= 0.3 is 0 Å². The van der Waals surface area contributed by atoms with Crippen molar-refractivity contribution < 1.29 is 4.39 Å². The highest BCUT2D eigenvalue weighted by Gasteiger charge is 2.21. The van der Waals surface area contributed by atoms with E-state index in [2.05, 4.69) is 30.1 Å². The van der Waals surface area contributed by atoms with Crippen molar-refractivity contribution >= 4 is 16.9 Å². The Bertz CT molecular complexity index is 1300. The molecule has 0 radical (unpaired) electrons. The number of benzene rings is 1. The van der Waals surface area contributed by atoms with Crippen molar-refractivity contribution in [1.82, 2.24) is 34.7 Å². The fraction of sp³-hybridized carbons (Fsp3) is 0.100. The third kappa shape index (κ3) is 2.75. The Morgan fingerprint density at radius 1 is 1.10 bits per heavy atom. The van der Waals surface area contributed by atoms with E-state index in [-0.39, 0.29) is 11.9 Å². The van der Waals surface area contributed by atoms with Crippen molar-refractivity contribution in [2.75, 3.05) is 5.73 Å². The molecule has 29 heavy (non-hydrogen) atoms. The number of nitrogens with two attached hydrogens (primary N) is 1. The molecule has 0 bridgehead atoms. The lowest BCUT2D eigenvalue weighted by Crippen LogP contribution is -2.07. The van der Waals surface area contributed by atoms with Gasteiger partial charge in [0.25, 0.3) is 0 Å². The van der Waals surface area contributed by atoms with E-state index in [1.165, 1.54) is 12.4 Å². The molecule has 144 valence electrons. The second-order valence-corrected chi connectivity index (χ2v) is 6.74. The minimum Gasteiger partial charge on any atom is -0.383 e. The fourth-order valence-electron chi connectivity index (χ4n) is 3.51. The summed E-state index contributed by atoms with van der Waals surface area (Å²) in [5.74, 6) is 0.551. The van der Waals surface area contributed by atoms with Crippen LogP contribution in [0, 0.1) is 5.82 Å². The normalized spacial score (nSPS) is 12.5. The number of nitrogen functional groups attached to an aromatic ring is 1. The van der Waals surface area contributed by atoms with Gasteiger partial charge in [-0.05, 0) is 19.1 Å². The molecule has 8 nitrogen and oxygen atoms in total. The molecule has 0 spiro atoms. The van der Waals surface area contributed by atoms with Crippen LogP contribution >= 0.6 is 0 Å². The van der Waals surface area contributed by atoms with E-state index >= 15 is 0 Å². The molecule has 0 aliphatic rings. The molecule has 1 unspecified atom stereocenters. The molecule has 4 aromatic heterocycles. The number of halogens is 1. The Balaban J connectivity index is 1.62. The van der Waals surface area contributed by atoms with E-state index in [4.69, 9.17) is 5.73 Å². The van der Waals surface area contributed by atoms with Crippen LogP contribution in [0.1, 0.15) is 18.7 Å². The average molecular weight is 388 g/mol. The van der Waals surface area contributed by atoms with E-state index < -0.39 is 0 Å². The maximum atomic E-state index is 14.1. The first-order valence-electron chi connectivity index (χ1n) is 9.03. The summed E-state index contributed by atoms with van der Waals surface area (Å²) >= 11 is 0. The highest BCUT2D eigenvalue weighted by molar-refractivity contribution is 6.00. The minimum atomic E-state index is -0.324. The van der Waals surface area contributed by atoms with Crippen LogP contribution in [0.2, 0.25) is 0 Å². The van der Waals surface area contributed by atoms with Crippen LogP contribution in [0.3, 0.4) is 0 Å². The third-order valence-electron chi connectivity index (χ3n) is 5.04. The number of fused-ring (bicyclic) bond motifs is 1. The first-order valence-corrected chi connectivity index (χ1v) is 9.03. The van der Waals surface area contributed by atoms with E-state index in [1.807, 2.05) is 17.7 Å². The second-order valence-electron chi connectivity index (χ2n) is 6.74. The fourth-order valence-corrected chi connectivity index (χ4v) is 3.51. The van der Waals surface area contributed by atoms with Crippen molar-refractivity contribution in [2.24, 2.45) is 0 Å². The number of aromatic amines is 2. The number of nitrogens with one attached hydrogen (secondary N) is 2. The zero-order valence-electron chi connectivity index (χ0n) is 15.5. The molecule has 0 aliphatic heterocycles. The Hall–Kier alpha value is -4.01. The molecule has 1 atom stereocenters. The van der Waals surface area contributed by atoms with Crippen molar-refractivity contribution in [2.45, 2.75) is 13.0 Å². The quantitative estimate of drug-likeness (QED) is 0.436. The van der Waals surface area contributed by atoms with Gasteiger partial charge < -0.3 is 15.3 Å². The topological polar surface area (TPSA) is 114 Å². The lowest BCUT2D eigenvalue weighted by atomic mass is 10.1. The molecule has 0 amide bonds. The van der Waals surface area contributed by atoms with Gasteiger partial charge in [-0.2, -0.15) is 5.10 Å². The van der Waals surface area contributed by atoms with Gasteiger partial charge in [0.1, 0.15) is 29.4 Å². The van der Waals surface area contributed by atoms with E-state index in [1.54, 1.807) is 36.8 Å². The SMILES string of the molecule is CC(c1cnc(-c2ccccc2F)[nH]1)n1cc(-c2cn[nH]c2)c2c(N)ncnc21. The lowest BCUT2D eigenvalue weighted by Gasteiger charge is -2.13. The number of rotatable bonds is 4. The smallest absolute Gasteiger partial charge is 0.146 e. The van der Waals surface area contributed by atoms with Crippen molar-refractivity contribution in [1.29, 1.82) is 0 Å². The van der Waals surface area contributed by atoms with Crippen molar-refractivity contribution in [3.05, 3.63) is 66.9 Å². The molecule has 4 N–H and O–H groups in total. The number of anilines is 1. The van der Waals surface area contributed by atoms with Gasteiger partial charge in [0.15, 0.2) is 0 Å². The molecule has 5 rings (SSSR count). The number of imidazole rings is 1. The van der Waals surface area contributed by atoms with Gasteiger partial charge in [-0.3, -0.25) is 5.10 Å². The molecule has 0 fully saturated rings. The van der Waals surface area contributed by atoms with Gasteiger partial charge in [-0.1, -0.05) is 12.1 Å². The Kier molecular flexibility index (Phi) is 3.87. The summed E-state index contributed by atoms with van der Waals surface area (Å²) in [5, 5.41) is 7.60. The zero-order chi connectivity index (χ0) is 20.0. The molecule has 1 aromatic carbocycles. The van der Waals surface area contributed by atoms with Gasteiger partial charge in [0.2, 0.25) is 0 Å². The zero-order valence-corrected chi connectivity index (χ0v) is 15.5. The summed E-state index contributed by atoms with van der Waals surface area (Å²) in [7, 11) is 0. The van der Waals surface area contributed by atoms with Gasteiger partial charge in [0, 0.05) is 23.5 Å². The summed E-state index contributed by atoms with van der Waals surface area (Å²) in [5.41, 5.74) is 9.86. The molecule has 4 heterocycles. The Morgan fingerprint density at radius 2 is 1.97 bits per heavy atom. The van der Waals surface area contributed by atoms with Crippen molar-refractivity contribution in [3.8, 4) is 22.5 Å². The van der Waals surface area contributed by atoms with Crippen LogP contribution in [0.15, 0.2) is 55.4 Å². The number of aromatic nitrogens is 7. The average Bonchev–Trinajstić information content (AvgIpc) is 3.47. The summed E-state index contributed by atoms with van der Waals surface area (Å²) in [6, 6.07) is 6.38. The predicted octanol–water partition coefficient (Wildman–Crippen LogP) is 3.54. The monoisotopic (exact) mass is 388 g/mol. The Morgan fingerprint density at radius 3 is 2.76 bits per heavy atom. The molecular formula is C20H17FN8. The van der Waals surface area contributed by atoms with E-state index in [0.717, 1.165) is 22.2 Å². The third-order valence-corrected chi connectivity index (χ3v) is 5.04.